The third kappa shape index (κ3) is 3.53. The van der Waals surface area contributed by atoms with Gasteiger partial charge in [-0.2, -0.15) is 0 Å². The average molecular weight is 362 g/mol. The number of hydrogen-bond donors (Lipinski definition) is 1. The molecule has 27 heavy (non-hydrogen) atoms. The van der Waals surface area contributed by atoms with Gasteiger partial charge in [0.2, 0.25) is 0 Å². The third-order valence-electron chi connectivity index (χ3n) is 5.10. The second-order valence-electron chi connectivity index (χ2n) is 6.97. The molecule has 2 aromatic heterocycles. The number of para-hydroxylation sites is 1. The molecule has 0 radical (unpaired) electrons. The molecule has 0 bridgehead atoms. The van der Waals surface area contributed by atoms with E-state index in [2.05, 4.69) is 15.0 Å². The zero-order valence-electron chi connectivity index (χ0n) is 15.3. The van der Waals surface area contributed by atoms with Gasteiger partial charge < -0.3 is 10.0 Å². The maximum Gasteiger partial charge on any atom is 0.272 e. The Balaban J connectivity index is 1.59. The van der Waals surface area contributed by atoms with Crippen molar-refractivity contribution in [3.8, 4) is 0 Å². The predicted molar refractivity (Wildman–Crippen MR) is 102 cm³/mol. The highest BCUT2D eigenvalue weighted by molar-refractivity contribution is 5.95. The molecule has 138 valence electrons. The van der Waals surface area contributed by atoms with E-state index in [1.54, 1.807) is 12.3 Å². The maximum atomic E-state index is 13.0. The number of carbonyl (C=O) groups excluding carboxylic acids is 1. The van der Waals surface area contributed by atoms with E-state index in [4.69, 9.17) is 0 Å². The van der Waals surface area contributed by atoms with Crippen molar-refractivity contribution in [3.63, 3.8) is 0 Å². The van der Waals surface area contributed by atoms with Crippen LogP contribution in [0.5, 0.6) is 0 Å². The molecule has 1 amide bonds. The highest BCUT2D eigenvalue weighted by Gasteiger charge is 2.28. The van der Waals surface area contributed by atoms with Gasteiger partial charge >= 0.3 is 0 Å². The standard InChI is InChI=1S/C21H22N4O2/c1-14-22-11-17(13-26)20(23-14)16-6-4-10-25(12-16)21(27)19-9-8-15-5-2-3-7-18(15)24-19/h2-3,5,7-9,11,16,26H,4,6,10,12-13H2,1H3. The Morgan fingerprint density at radius 1 is 1.22 bits per heavy atom. The van der Waals surface area contributed by atoms with Crippen LogP contribution >= 0.6 is 0 Å². The van der Waals surface area contributed by atoms with Crippen LogP contribution in [0.4, 0.5) is 0 Å². The molecule has 0 saturated carbocycles. The number of benzene rings is 1. The summed E-state index contributed by atoms with van der Waals surface area (Å²) < 4.78 is 0. The number of aryl methyl sites for hydroxylation is 1. The summed E-state index contributed by atoms with van der Waals surface area (Å²) in [7, 11) is 0. The van der Waals surface area contributed by atoms with Gasteiger partial charge in [-0.05, 0) is 31.9 Å². The number of likely N-dealkylation sites (tertiary alicyclic amines) is 1. The summed E-state index contributed by atoms with van der Waals surface area (Å²) >= 11 is 0. The SMILES string of the molecule is Cc1ncc(CO)c(C2CCCN(C(=O)c3ccc4ccccc4n3)C2)n1. The number of carbonyl (C=O) groups is 1. The highest BCUT2D eigenvalue weighted by atomic mass is 16.3. The molecule has 6 nitrogen and oxygen atoms in total. The smallest absolute Gasteiger partial charge is 0.272 e. The molecule has 1 atom stereocenters. The van der Waals surface area contributed by atoms with Crippen molar-refractivity contribution in [2.45, 2.75) is 32.3 Å². The number of piperidine rings is 1. The van der Waals surface area contributed by atoms with Crippen LogP contribution in [0.1, 0.15) is 46.3 Å². The molecular weight excluding hydrogens is 340 g/mol. The van der Waals surface area contributed by atoms with Crippen molar-refractivity contribution < 1.29 is 9.90 Å². The molecule has 3 aromatic rings. The van der Waals surface area contributed by atoms with Crippen LogP contribution < -0.4 is 0 Å². The van der Waals surface area contributed by atoms with Gasteiger partial charge in [0.25, 0.3) is 5.91 Å². The van der Waals surface area contributed by atoms with Crippen molar-refractivity contribution in [2.24, 2.45) is 0 Å². The summed E-state index contributed by atoms with van der Waals surface area (Å²) in [5, 5.41) is 10.6. The minimum absolute atomic E-state index is 0.0539. The third-order valence-corrected chi connectivity index (χ3v) is 5.10. The number of amides is 1. The highest BCUT2D eigenvalue weighted by Crippen LogP contribution is 2.29. The van der Waals surface area contributed by atoms with E-state index in [1.807, 2.05) is 42.2 Å². The molecule has 1 unspecified atom stereocenters. The predicted octanol–water partition coefficient (Wildman–Crippen LogP) is 2.85. The number of hydrogen-bond acceptors (Lipinski definition) is 5. The molecule has 1 aromatic carbocycles. The zero-order chi connectivity index (χ0) is 18.8. The Labute approximate surface area is 157 Å². The van der Waals surface area contributed by atoms with E-state index in [0.717, 1.165) is 35.0 Å². The largest absolute Gasteiger partial charge is 0.392 e. The minimum atomic E-state index is -0.0910. The van der Waals surface area contributed by atoms with Crippen LogP contribution in [0.3, 0.4) is 0 Å². The first-order valence-electron chi connectivity index (χ1n) is 9.24. The van der Waals surface area contributed by atoms with E-state index >= 15 is 0 Å². The fraction of sp³-hybridized carbons (Fsp3) is 0.333. The molecule has 1 aliphatic rings. The van der Waals surface area contributed by atoms with Gasteiger partial charge in [0.05, 0.1) is 17.8 Å². The Bertz CT molecular complexity index is 989. The minimum Gasteiger partial charge on any atom is -0.392 e. The van der Waals surface area contributed by atoms with E-state index in [1.165, 1.54) is 0 Å². The monoisotopic (exact) mass is 362 g/mol. The summed E-state index contributed by atoms with van der Waals surface area (Å²) in [5.74, 6) is 0.732. The van der Waals surface area contributed by atoms with Gasteiger partial charge in [-0.25, -0.2) is 15.0 Å². The topological polar surface area (TPSA) is 79.2 Å². The van der Waals surface area contributed by atoms with Gasteiger partial charge in [-0.3, -0.25) is 4.79 Å². The number of pyridine rings is 1. The fourth-order valence-electron chi connectivity index (χ4n) is 3.72. The first kappa shape index (κ1) is 17.5. The number of nitrogens with zero attached hydrogens (tertiary/aromatic N) is 4. The van der Waals surface area contributed by atoms with Crippen LogP contribution in [0.25, 0.3) is 10.9 Å². The molecule has 0 spiro atoms. The van der Waals surface area contributed by atoms with Gasteiger partial charge in [-0.15, -0.1) is 0 Å². The lowest BCUT2D eigenvalue weighted by Gasteiger charge is -2.33. The first-order chi connectivity index (χ1) is 13.2. The van der Waals surface area contributed by atoms with E-state index in [-0.39, 0.29) is 18.4 Å². The molecule has 3 heterocycles. The quantitative estimate of drug-likeness (QED) is 0.775. The number of aliphatic hydroxyl groups excluding tert-OH is 1. The normalized spacial score (nSPS) is 17.3. The van der Waals surface area contributed by atoms with Crippen molar-refractivity contribution in [3.05, 3.63) is 65.4 Å². The summed E-state index contributed by atoms with van der Waals surface area (Å²) in [4.78, 5) is 28.1. The van der Waals surface area contributed by atoms with Crippen LogP contribution in [-0.4, -0.2) is 44.0 Å². The van der Waals surface area contributed by atoms with E-state index in [9.17, 15) is 9.90 Å². The Morgan fingerprint density at radius 2 is 2.07 bits per heavy atom. The second-order valence-corrected chi connectivity index (χ2v) is 6.97. The number of aliphatic hydroxyl groups is 1. The van der Waals surface area contributed by atoms with Crippen molar-refractivity contribution >= 4 is 16.8 Å². The first-order valence-corrected chi connectivity index (χ1v) is 9.24. The van der Waals surface area contributed by atoms with Crippen molar-refractivity contribution in [1.29, 1.82) is 0 Å². The lowest BCUT2D eigenvalue weighted by molar-refractivity contribution is 0.0699. The van der Waals surface area contributed by atoms with E-state index < -0.39 is 0 Å². The lowest BCUT2D eigenvalue weighted by atomic mass is 9.92. The Hall–Kier alpha value is -2.86. The zero-order valence-corrected chi connectivity index (χ0v) is 15.3. The molecule has 6 heteroatoms. The van der Waals surface area contributed by atoms with Crippen molar-refractivity contribution in [2.75, 3.05) is 13.1 Å². The molecule has 0 aliphatic carbocycles. The summed E-state index contributed by atoms with van der Waals surface area (Å²) in [5.41, 5.74) is 2.89. The van der Waals surface area contributed by atoms with Gasteiger partial charge in [-0.1, -0.05) is 24.3 Å². The maximum absolute atomic E-state index is 13.0. The van der Waals surface area contributed by atoms with Crippen molar-refractivity contribution in [1.82, 2.24) is 19.9 Å². The van der Waals surface area contributed by atoms with Gasteiger partial charge in [0.1, 0.15) is 11.5 Å². The molecule has 1 fully saturated rings. The number of aromatic nitrogens is 3. The fourth-order valence-corrected chi connectivity index (χ4v) is 3.72. The van der Waals surface area contributed by atoms with E-state index in [0.29, 0.717) is 24.6 Å². The molecular formula is C21H22N4O2. The number of fused-ring (bicyclic) bond motifs is 1. The molecule has 1 saturated heterocycles. The Kier molecular flexibility index (Phi) is 4.81. The molecule has 4 rings (SSSR count). The number of rotatable bonds is 3. The lowest BCUT2D eigenvalue weighted by Crippen LogP contribution is -2.40. The van der Waals surface area contributed by atoms with Crippen LogP contribution in [0.2, 0.25) is 0 Å². The summed E-state index contributed by atoms with van der Waals surface area (Å²) in [6.45, 7) is 3.04. The van der Waals surface area contributed by atoms with Crippen LogP contribution in [0.15, 0.2) is 42.6 Å². The van der Waals surface area contributed by atoms with Gasteiger partial charge in [0.15, 0.2) is 0 Å². The molecule has 1 N–H and O–H groups in total. The Morgan fingerprint density at radius 3 is 2.93 bits per heavy atom. The molecule has 1 aliphatic heterocycles. The van der Waals surface area contributed by atoms with Crippen LogP contribution in [-0.2, 0) is 6.61 Å². The summed E-state index contributed by atoms with van der Waals surface area (Å²) in [6, 6.07) is 11.5. The average Bonchev–Trinajstić information content (AvgIpc) is 2.73. The van der Waals surface area contributed by atoms with Gasteiger partial charge in [0, 0.05) is 36.2 Å². The summed E-state index contributed by atoms with van der Waals surface area (Å²) in [6.07, 6.45) is 3.53. The van der Waals surface area contributed by atoms with Crippen LogP contribution in [0, 0.1) is 6.92 Å². The second kappa shape index (κ2) is 7.40.